The first-order valence-electron chi connectivity index (χ1n) is 7.62. The molecule has 5 heteroatoms. The van der Waals surface area contributed by atoms with Gasteiger partial charge in [0.1, 0.15) is 5.75 Å². The zero-order chi connectivity index (χ0) is 15.4. The average molecular weight is 292 g/mol. The number of non-ortho nitro benzene ring substituents is 1. The maximum atomic E-state index is 11.0. The Hall–Kier alpha value is -1.78. The quantitative estimate of drug-likeness (QED) is 0.651. The Balaban J connectivity index is 2.23. The van der Waals surface area contributed by atoms with Crippen LogP contribution in [0.3, 0.4) is 0 Å². The van der Waals surface area contributed by atoms with Crippen LogP contribution in [-0.4, -0.2) is 18.1 Å². The van der Waals surface area contributed by atoms with Gasteiger partial charge >= 0.3 is 0 Å². The minimum Gasteiger partial charge on any atom is -0.495 e. The third-order valence-corrected chi connectivity index (χ3v) is 4.41. The van der Waals surface area contributed by atoms with Gasteiger partial charge in [-0.15, -0.1) is 0 Å². The highest BCUT2D eigenvalue weighted by Crippen LogP contribution is 2.36. The molecule has 0 radical (unpaired) electrons. The number of nitrogens with zero attached hydrogens (tertiary/aromatic N) is 1. The number of ether oxygens (including phenoxy) is 1. The smallest absolute Gasteiger partial charge is 0.271 e. The summed E-state index contributed by atoms with van der Waals surface area (Å²) in [7, 11) is 1.59. The SMILES string of the molecule is COc1ccc([N+](=O)[O-])cc1NC1CCCCC1C(C)C. The second-order valence-corrected chi connectivity index (χ2v) is 6.08. The van der Waals surface area contributed by atoms with Crippen LogP contribution in [-0.2, 0) is 0 Å². The van der Waals surface area contributed by atoms with E-state index in [0.29, 0.717) is 23.6 Å². The number of nitro groups is 1. The van der Waals surface area contributed by atoms with E-state index in [0.717, 1.165) is 12.1 Å². The van der Waals surface area contributed by atoms with Gasteiger partial charge in [-0.1, -0.05) is 26.7 Å². The highest BCUT2D eigenvalue weighted by molar-refractivity contribution is 5.62. The summed E-state index contributed by atoms with van der Waals surface area (Å²) in [6.07, 6.45) is 4.80. The Labute approximate surface area is 125 Å². The molecule has 0 saturated heterocycles. The van der Waals surface area contributed by atoms with E-state index in [2.05, 4.69) is 19.2 Å². The number of methoxy groups -OCH3 is 1. The molecular formula is C16H24N2O3. The van der Waals surface area contributed by atoms with E-state index in [9.17, 15) is 10.1 Å². The standard InChI is InChI=1S/C16H24N2O3/c1-11(2)13-6-4-5-7-14(13)17-15-10-12(18(19)20)8-9-16(15)21-3/h8-11,13-14,17H,4-7H2,1-3H3. The summed E-state index contributed by atoms with van der Waals surface area (Å²) >= 11 is 0. The molecule has 0 spiro atoms. The summed E-state index contributed by atoms with van der Waals surface area (Å²) < 4.78 is 5.33. The molecule has 2 atom stereocenters. The summed E-state index contributed by atoms with van der Waals surface area (Å²) in [5.41, 5.74) is 0.819. The van der Waals surface area contributed by atoms with Crippen molar-refractivity contribution < 1.29 is 9.66 Å². The first-order valence-corrected chi connectivity index (χ1v) is 7.62. The van der Waals surface area contributed by atoms with Gasteiger partial charge in [-0.25, -0.2) is 0 Å². The van der Waals surface area contributed by atoms with Crippen molar-refractivity contribution in [2.75, 3.05) is 12.4 Å². The predicted octanol–water partition coefficient (Wildman–Crippen LogP) is 4.23. The van der Waals surface area contributed by atoms with Gasteiger partial charge in [-0.2, -0.15) is 0 Å². The predicted molar refractivity (Wildman–Crippen MR) is 83.9 cm³/mol. The van der Waals surface area contributed by atoms with Crippen molar-refractivity contribution in [1.29, 1.82) is 0 Å². The van der Waals surface area contributed by atoms with E-state index in [-0.39, 0.29) is 10.6 Å². The largest absolute Gasteiger partial charge is 0.495 e. The summed E-state index contributed by atoms with van der Waals surface area (Å²) in [5.74, 6) is 1.86. The molecule has 5 nitrogen and oxygen atoms in total. The molecule has 1 aromatic carbocycles. The molecule has 1 aliphatic carbocycles. The van der Waals surface area contributed by atoms with Crippen LogP contribution in [0.1, 0.15) is 39.5 Å². The van der Waals surface area contributed by atoms with E-state index in [4.69, 9.17) is 4.74 Å². The lowest BCUT2D eigenvalue weighted by Gasteiger charge is -2.35. The Morgan fingerprint density at radius 3 is 2.67 bits per heavy atom. The van der Waals surface area contributed by atoms with Crippen molar-refractivity contribution in [2.24, 2.45) is 11.8 Å². The van der Waals surface area contributed by atoms with Gasteiger partial charge in [-0.3, -0.25) is 10.1 Å². The van der Waals surface area contributed by atoms with E-state index in [1.165, 1.54) is 25.3 Å². The number of rotatable bonds is 5. The molecule has 0 amide bonds. The number of hydrogen-bond donors (Lipinski definition) is 1. The monoisotopic (exact) mass is 292 g/mol. The van der Waals surface area contributed by atoms with Gasteiger partial charge in [0.05, 0.1) is 17.7 Å². The number of anilines is 1. The van der Waals surface area contributed by atoms with E-state index in [1.807, 2.05) is 0 Å². The van der Waals surface area contributed by atoms with Gasteiger partial charge in [0, 0.05) is 18.2 Å². The third kappa shape index (κ3) is 3.65. The van der Waals surface area contributed by atoms with Crippen LogP contribution in [0.5, 0.6) is 5.75 Å². The molecule has 1 fully saturated rings. The molecule has 116 valence electrons. The van der Waals surface area contributed by atoms with Crippen molar-refractivity contribution in [3.63, 3.8) is 0 Å². The van der Waals surface area contributed by atoms with Crippen LogP contribution in [0.15, 0.2) is 18.2 Å². The van der Waals surface area contributed by atoms with Crippen LogP contribution in [0.2, 0.25) is 0 Å². The molecule has 1 aromatic rings. The first kappa shape index (κ1) is 15.6. The fourth-order valence-electron chi connectivity index (χ4n) is 3.26. The second kappa shape index (κ2) is 6.78. The van der Waals surface area contributed by atoms with Gasteiger partial charge in [0.15, 0.2) is 0 Å². The third-order valence-electron chi connectivity index (χ3n) is 4.41. The van der Waals surface area contributed by atoms with Crippen LogP contribution in [0.4, 0.5) is 11.4 Å². The molecule has 2 rings (SSSR count). The molecule has 1 aliphatic rings. The fourth-order valence-corrected chi connectivity index (χ4v) is 3.26. The molecule has 0 aliphatic heterocycles. The van der Waals surface area contributed by atoms with Crippen LogP contribution < -0.4 is 10.1 Å². The summed E-state index contributed by atoms with van der Waals surface area (Å²) in [6.45, 7) is 4.49. The van der Waals surface area contributed by atoms with E-state index in [1.54, 1.807) is 19.2 Å². The maximum Gasteiger partial charge on any atom is 0.271 e. The molecule has 0 aromatic heterocycles. The Morgan fingerprint density at radius 2 is 2.05 bits per heavy atom. The van der Waals surface area contributed by atoms with Gasteiger partial charge in [-0.05, 0) is 30.7 Å². The van der Waals surface area contributed by atoms with Crippen LogP contribution >= 0.6 is 0 Å². The Morgan fingerprint density at radius 1 is 1.33 bits per heavy atom. The molecule has 0 heterocycles. The molecule has 1 N–H and O–H groups in total. The zero-order valence-electron chi connectivity index (χ0n) is 13.0. The van der Waals surface area contributed by atoms with Gasteiger partial charge in [0.2, 0.25) is 0 Å². The van der Waals surface area contributed by atoms with Crippen molar-refractivity contribution >= 4 is 11.4 Å². The summed E-state index contributed by atoms with van der Waals surface area (Å²) in [5, 5.41) is 14.5. The lowest BCUT2D eigenvalue weighted by molar-refractivity contribution is -0.384. The van der Waals surface area contributed by atoms with Crippen molar-refractivity contribution in [2.45, 2.75) is 45.6 Å². The number of nitrogens with one attached hydrogen (secondary N) is 1. The molecule has 21 heavy (non-hydrogen) atoms. The normalized spacial score (nSPS) is 22.1. The van der Waals surface area contributed by atoms with Crippen molar-refractivity contribution in [3.05, 3.63) is 28.3 Å². The zero-order valence-corrected chi connectivity index (χ0v) is 13.0. The minimum atomic E-state index is -0.370. The van der Waals surface area contributed by atoms with Crippen molar-refractivity contribution in [3.8, 4) is 5.75 Å². The average Bonchev–Trinajstić information content (AvgIpc) is 2.47. The van der Waals surface area contributed by atoms with Gasteiger partial charge in [0.25, 0.3) is 5.69 Å². The van der Waals surface area contributed by atoms with E-state index < -0.39 is 0 Å². The molecule has 0 bridgehead atoms. The maximum absolute atomic E-state index is 11.0. The number of benzene rings is 1. The summed E-state index contributed by atoms with van der Waals surface area (Å²) in [4.78, 5) is 10.6. The van der Waals surface area contributed by atoms with Gasteiger partial charge < -0.3 is 10.1 Å². The lowest BCUT2D eigenvalue weighted by atomic mass is 9.78. The lowest BCUT2D eigenvalue weighted by Crippen LogP contribution is -2.35. The Bertz CT molecular complexity index is 502. The molecule has 2 unspecified atom stereocenters. The van der Waals surface area contributed by atoms with Crippen LogP contribution in [0.25, 0.3) is 0 Å². The highest BCUT2D eigenvalue weighted by Gasteiger charge is 2.28. The number of hydrogen-bond acceptors (Lipinski definition) is 4. The van der Waals surface area contributed by atoms with Crippen LogP contribution in [0, 0.1) is 22.0 Å². The molecular weight excluding hydrogens is 268 g/mol. The summed E-state index contributed by atoms with van der Waals surface area (Å²) in [6, 6.07) is 5.07. The second-order valence-electron chi connectivity index (χ2n) is 6.08. The number of nitro benzene ring substituents is 1. The van der Waals surface area contributed by atoms with E-state index >= 15 is 0 Å². The fraction of sp³-hybridized carbons (Fsp3) is 0.625. The first-order chi connectivity index (χ1) is 10.0. The molecule has 1 saturated carbocycles. The topological polar surface area (TPSA) is 64.4 Å². The highest BCUT2D eigenvalue weighted by atomic mass is 16.6. The minimum absolute atomic E-state index is 0.0928. The van der Waals surface area contributed by atoms with Crippen molar-refractivity contribution in [1.82, 2.24) is 0 Å². The Kier molecular flexibility index (Phi) is 5.04.